The van der Waals surface area contributed by atoms with Crippen molar-refractivity contribution >= 4 is 12.0 Å². The van der Waals surface area contributed by atoms with Crippen LogP contribution in [0.4, 0.5) is 4.79 Å². The summed E-state index contributed by atoms with van der Waals surface area (Å²) in [5.41, 5.74) is 0. The van der Waals surface area contributed by atoms with Crippen LogP contribution in [-0.4, -0.2) is 54.6 Å². The van der Waals surface area contributed by atoms with E-state index < -0.39 is 18.1 Å². The molecule has 2 atom stereocenters. The van der Waals surface area contributed by atoms with Gasteiger partial charge in [0.1, 0.15) is 0 Å². The molecular weight excluding hydrogens is 216 g/mol. The molecule has 2 amide bonds. The quantitative estimate of drug-likeness (QED) is 0.474. The number of ether oxygens (including phenoxy) is 1. The van der Waals surface area contributed by atoms with Gasteiger partial charge in [0.15, 0.2) is 6.10 Å². The molecule has 1 aliphatic rings. The fraction of sp³-hybridized carbons (Fsp3) is 0.778. The van der Waals surface area contributed by atoms with Gasteiger partial charge in [0, 0.05) is 19.1 Å². The van der Waals surface area contributed by atoms with Gasteiger partial charge in [-0.2, -0.15) is 0 Å². The number of aliphatic hydroxyl groups is 1. The van der Waals surface area contributed by atoms with Crippen molar-refractivity contribution in [2.45, 2.75) is 12.5 Å². The fourth-order valence-electron chi connectivity index (χ4n) is 1.32. The first-order valence-corrected chi connectivity index (χ1v) is 5.10. The van der Waals surface area contributed by atoms with Gasteiger partial charge >= 0.3 is 12.0 Å². The molecule has 0 spiro atoms. The lowest BCUT2D eigenvalue weighted by atomic mass is 10.1. The zero-order valence-corrected chi connectivity index (χ0v) is 8.81. The van der Waals surface area contributed by atoms with E-state index in [4.69, 9.17) is 14.9 Å². The minimum absolute atomic E-state index is 0.303. The Morgan fingerprint density at radius 3 is 2.75 bits per heavy atom. The van der Waals surface area contributed by atoms with Gasteiger partial charge in [-0.25, -0.2) is 9.59 Å². The summed E-state index contributed by atoms with van der Waals surface area (Å²) < 4.78 is 5.13. The van der Waals surface area contributed by atoms with Gasteiger partial charge in [0.25, 0.3) is 0 Å². The molecule has 0 aliphatic carbocycles. The first-order chi connectivity index (χ1) is 7.59. The van der Waals surface area contributed by atoms with Crippen LogP contribution in [0.3, 0.4) is 0 Å². The number of urea groups is 1. The number of carbonyl (C=O) groups is 2. The van der Waals surface area contributed by atoms with Gasteiger partial charge in [0.05, 0.1) is 13.2 Å². The van der Waals surface area contributed by atoms with Crippen molar-refractivity contribution in [2.24, 2.45) is 5.92 Å². The summed E-state index contributed by atoms with van der Waals surface area (Å²) in [6.45, 7) is 1.54. The van der Waals surface area contributed by atoms with Gasteiger partial charge in [0.2, 0.25) is 0 Å². The Labute approximate surface area is 92.8 Å². The van der Waals surface area contributed by atoms with Crippen LogP contribution in [0, 0.1) is 5.92 Å². The Bertz CT molecular complexity index is 252. The van der Waals surface area contributed by atoms with Crippen LogP contribution in [0.25, 0.3) is 0 Å². The second-order valence-corrected chi connectivity index (χ2v) is 3.67. The van der Waals surface area contributed by atoms with Crippen LogP contribution in [0.5, 0.6) is 0 Å². The molecule has 0 aromatic heterocycles. The predicted octanol–water partition coefficient (Wildman–Crippen LogP) is -1.23. The third-order valence-electron chi connectivity index (χ3n) is 2.32. The smallest absolute Gasteiger partial charge is 0.334 e. The number of nitrogens with one attached hydrogen (secondary N) is 2. The first kappa shape index (κ1) is 12.7. The SMILES string of the molecule is O=C(NCC1CCOC1)NC[C@H](O)C(=O)O. The van der Waals surface area contributed by atoms with Crippen molar-refractivity contribution < 1.29 is 24.5 Å². The highest BCUT2D eigenvalue weighted by Gasteiger charge is 2.17. The molecule has 4 N–H and O–H groups in total. The zero-order chi connectivity index (χ0) is 12.0. The monoisotopic (exact) mass is 232 g/mol. The molecule has 16 heavy (non-hydrogen) atoms. The Balaban J connectivity index is 2.08. The summed E-state index contributed by atoms with van der Waals surface area (Å²) in [6, 6.07) is -0.479. The zero-order valence-electron chi connectivity index (χ0n) is 8.81. The normalized spacial score (nSPS) is 21.4. The van der Waals surface area contributed by atoms with Crippen LogP contribution < -0.4 is 10.6 Å². The van der Waals surface area contributed by atoms with Gasteiger partial charge < -0.3 is 25.6 Å². The van der Waals surface area contributed by atoms with Crippen molar-refractivity contribution in [3.63, 3.8) is 0 Å². The lowest BCUT2D eigenvalue weighted by molar-refractivity contribution is -0.146. The maximum atomic E-state index is 11.2. The van der Waals surface area contributed by atoms with E-state index in [9.17, 15) is 9.59 Å². The molecule has 1 aliphatic heterocycles. The van der Waals surface area contributed by atoms with E-state index in [1.807, 2.05) is 0 Å². The molecule has 0 aromatic rings. The molecule has 0 saturated carbocycles. The number of hydrogen-bond donors (Lipinski definition) is 4. The largest absolute Gasteiger partial charge is 0.479 e. The Morgan fingerprint density at radius 1 is 1.44 bits per heavy atom. The van der Waals surface area contributed by atoms with E-state index in [0.29, 0.717) is 25.7 Å². The molecule has 7 nitrogen and oxygen atoms in total. The molecule has 0 bridgehead atoms. The summed E-state index contributed by atoms with van der Waals surface area (Å²) in [6.07, 6.45) is -0.654. The van der Waals surface area contributed by atoms with Crippen LogP contribution >= 0.6 is 0 Å². The van der Waals surface area contributed by atoms with E-state index in [2.05, 4.69) is 10.6 Å². The van der Waals surface area contributed by atoms with Crippen LogP contribution in [-0.2, 0) is 9.53 Å². The highest BCUT2D eigenvalue weighted by Crippen LogP contribution is 2.10. The van der Waals surface area contributed by atoms with Crippen LogP contribution in [0.1, 0.15) is 6.42 Å². The predicted molar refractivity (Wildman–Crippen MR) is 54.0 cm³/mol. The van der Waals surface area contributed by atoms with Crippen molar-refractivity contribution in [3.05, 3.63) is 0 Å². The molecule has 0 aromatic carbocycles. The second kappa shape index (κ2) is 6.29. The van der Waals surface area contributed by atoms with Crippen molar-refractivity contribution in [3.8, 4) is 0 Å². The maximum Gasteiger partial charge on any atom is 0.334 e. The topological polar surface area (TPSA) is 108 Å². The Kier molecular flexibility index (Phi) is 5.00. The Morgan fingerprint density at radius 2 is 2.19 bits per heavy atom. The number of aliphatic carboxylic acids is 1. The van der Waals surface area contributed by atoms with E-state index in [1.165, 1.54) is 0 Å². The second-order valence-electron chi connectivity index (χ2n) is 3.67. The van der Waals surface area contributed by atoms with Crippen LogP contribution in [0.2, 0.25) is 0 Å². The summed E-state index contributed by atoms with van der Waals surface area (Å²) in [5.74, 6) is -1.04. The maximum absolute atomic E-state index is 11.2. The molecule has 1 saturated heterocycles. The number of carboxylic acids is 1. The fourth-order valence-corrected chi connectivity index (χ4v) is 1.32. The molecule has 92 valence electrons. The summed E-state index contributed by atoms with van der Waals surface area (Å²) in [5, 5.41) is 22.1. The highest BCUT2D eigenvalue weighted by molar-refractivity contribution is 5.76. The highest BCUT2D eigenvalue weighted by atomic mass is 16.5. The summed E-state index contributed by atoms with van der Waals surface area (Å²) in [4.78, 5) is 21.4. The number of aliphatic hydroxyl groups excluding tert-OH is 1. The lowest BCUT2D eigenvalue weighted by Gasteiger charge is -2.11. The number of rotatable bonds is 5. The third kappa shape index (κ3) is 4.45. The minimum atomic E-state index is -1.57. The van der Waals surface area contributed by atoms with Gasteiger partial charge in [-0.1, -0.05) is 0 Å². The number of carbonyl (C=O) groups excluding carboxylic acids is 1. The van der Waals surface area contributed by atoms with Gasteiger partial charge in [-0.3, -0.25) is 0 Å². The molecule has 1 fully saturated rings. The number of hydrogen-bond acceptors (Lipinski definition) is 4. The molecule has 1 heterocycles. The van der Waals surface area contributed by atoms with Gasteiger partial charge in [-0.05, 0) is 6.42 Å². The summed E-state index contributed by atoms with van der Waals surface area (Å²) in [7, 11) is 0. The molecule has 1 rings (SSSR count). The van der Waals surface area contributed by atoms with E-state index in [1.54, 1.807) is 0 Å². The van der Waals surface area contributed by atoms with Crippen molar-refractivity contribution in [2.75, 3.05) is 26.3 Å². The first-order valence-electron chi connectivity index (χ1n) is 5.10. The number of carboxylic acid groups (broad SMARTS) is 1. The van der Waals surface area contributed by atoms with Gasteiger partial charge in [-0.15, -0.1) is 0 Å². The van der Waals surface area contributed by atoms with Crippen molar-refractivity contribution in [1.82, 2.24) is 10.6 Å². The lowest BCUT2D eigenvalue weighted by Crippen LogP contribution is -2.43. The average molecular weight is 232 g/mol. The number of amides is 2. The standard InChI is InChI=1S/C9H16N2O5/c12-7(8(13)14)4-11-9(15)10-3-6-1-2-16-5-6/h6-7,12H,1-5H2,(H,13,14)(H2,10,11,15)/t6?,7-/m0/s1. The van der Waals surface area contributed by atoms with E-state index in [0.717, 1.165) is 6.42 Å². The average Bonchev–Trinajstić information content (AvgIpc) is 2.75. The summed E-state index contributed by atoms with van der Waals surface area (Å²) >= 11 is 0. The molecule has 7 heteroatoms. The minimum Gasteiger partial charge on any atom is -0.479 e. The van der Waals surface area contributed by atoms with E-state index in [-0.39, 0.29) is 6.54 Å². The Hall–Kier alpha value is -1.34. The third-order valence-corrected chi connectivity index (χ3v) is 2.32. The van der Waals surface area contributed by atoms with Crippen LogP contribution in [0.15, 0.2) is 0 Å². The molecule has 0 radical (unpaired) electrons. The van der Waals surface area contributed by atoms with Crippen molar-refractivity contribution in [1.29, 1.82) is 0 Å². The van der Waals surface area contributed by atoms with E-state index >= 15 is 0 Å². The molecule has 1 unspecified atom stereocenters. The molecular formula is C9H16N2O5.